The van der Waals surface area contributed by atoms with Crippen LogP contribution in [0.3, 0.4) is 0 Å². The van der Waals surface area contributed by atoms with E-state index in [1.54, 1.807) is 0 Å². The van der Waals surface area contributed by atoms with E-state index in [4.69, 9.17) is 10.5 Å². The summed E-state index contributed by atoms with van der Waals surface area (Å²) >= 11 is 0. The van der Waals surface area contributed by atoms with Crippen molar-refractivity contribution in [3.05, 3.63) is 35.4 Å². The fraction of sp³-hybridized carbons (Fsp3) is 0.632. The largest absolute Gasteiger partial charge is 0.381 e. The van der Waals surface area contributed by atoms with Crippen LogP contribution < -0.4 is 5.73 Å². The first-order chi connectivity index (χ1) is 11.1. The Bertz CT molecular complexity index is 529. The third kappa shape index (κ3) is 3.43. The second-order valence-electron chi connectivity index (χ2n) is 7.02. The van der Waals surface area contributed by atoms with Gasteiger partial charge in [-0.05, 0) is 55.2 Å². The Morgan fingerprint density at radius 3 is 2.48 bits per heavy atom. The van der Waals surface area contributed by atoms with Crippen molar-refractivity contribution in [1.82, 2.24) is 4.90 Å². The molecule has 23 heavy (non-hydrogen) atoms. The van der Waals surface area contributed by atoms with Crippen molar-refractivity contribution >= 4 is 5.91 Å². The summed E-state index contributed by atoms with van der Waals surface area (Å²) in [5.74, 6) is -0.170. The van der Waals surface area contributed by atoms with Gasteiger partial charge in [-0.2, -0.15) is 0 Å². The van der Waals surface area contributed by atoms with Crippen molar-refractivity contribution in [2.45, 2.75) is 51.6 Å². The van der Waals surface area contributed by atoms with Crippen LogP contribution in [0, 0.1) is 5.41 Å². The van der Waals surface area contributed by atoms with Crippen LogP contribution in [0.5, 0.6) is 0 Å². The number of hydrogen-bond acceptors (Lipinski definition) is 3. The summed E-state index contributed by atoms with van der Waals surface area (Å²) in [5.41, 5.74) is 8.47. The Kier molecular flexibility index (Phi) is 5.02. The van der Waals surface area contributed by atoms with E-state index < -0.39 is 0 Å². The van der Waals surface area contributed by atoms with E-state index in [-0.39, 0.29) is 17.4 Å². The highest BCUT2D eigenvalue weighted by atomic mass is 16.5. The molecule has 3 rings (SSSR count). The summed E-state index contributed by atoms with van der Waals surface area (Å²) < 4.78 is 5.53. The number of piperidine rings is 1. The molecule has 4 heteroatoms. The Hall–Kier alpha value is -1.39. The summed E-state index contributed by atoms with van der Waals surface area (Å²) in [6, 6.07) is 8.57. The molecule has 1 aromatic carbocycles. The predicted octanol–water partition coefficient (Wildman–Crippen LogP) is 2.50. The zero-order valence-corrected chi connectivity index (χ0v) is 14.1. The quantitative estimate of drug-likeness (QED) is 0.928. The van der Waals surface area contributed by atoms with E-state index in [1.165, 1.54) is 11.1 Å². The van der Waals surface area contributed by atoms with Crippen LogP contribution in [0.25, 0.3) is 0 Å². The van der Waals surface area contributed by atoms with Gasteiger partial charge in [-0.25, -0.2) is 0 Å². The number of amides is 1. The molecule has 1 atom stereocenters. The average molecular weight is 316 g/mol. The molecule has 0 aliphatic carbocycles. The zero-order chi connectivity index (χ0) is 16.3. The van der Waals surface area contributed by atoms with Crippen molar-refractivity contribution < 1.29 is 9.53 Å². The maximum atomic E-state index is 12.3. The topological polar surface area (TPSA) is 55.6 Å². The maximum Gasteiger partial charge on any atom is 0.235 e. The van der Waals surface area contributed by atoms with E-state index in [9.17, 15) is 4.79 Å². The van der Waals surface area contributed by atoms with Crippen LogP contribution in [0.2, 0.25) is 0 Å². The van der Waals surface area contributed by atoms with E-state index >= 15 is 0 Å². The van der Waals surface area contributed by atoms with Gasteiger partial charge in [0.05, 0.1) is 6.04 Å². The van der Waals surface area contributed by atoms with Crippen molar-refractivity contribution in [3.8, 4) is 0 Å². The number of ether oxygens (including phenoxy) is 1. The molecule has 0 saturated carbocycles. The zero-order valence-electron chi connectivity index (χ0n) is 14.1. The molecule has 0 aromatic heterocycles. The molecular formula is C19H28N2O2. The normalized spacial score (nSPS) is 24.7. The fourth-order valence-electron chi connectivity index (χ4n) is 4.36. The number of nitrogens with two attached hydrogens (primary N) is 1. The highest BCUT2D eigenvalue weighted by Gasteiger charge is 2.48. The number of carbonyl (C=O) groups excluding carboxylic acids is 1. The minimum Gasteiger partial charge on any atom is -0.381 e. The second-order valence-corrected chi connectivity index (χ2v) is 7.02. The number of carbonyl (C=O) groups is 1. The van der Waals surface area contributed by atoms with Crippen LogP contribution in [0.1, 0.15) is 43.7 Å². The first-order valence-corrected chi connectivity index (χ1v) is 8.83. The lowest BCUT2D eigenvalue weighted by Crippen LogP contribution is -2.59. The third-order valence-electron chi connectivity index (χ3n) is 5.64. The van der Waals surface area contributed by atoms with Gasteiger partial charge >= 0.3 is 0 Å². The minimum absolute atomic E-state index is 0.0195. The number of rotatable bonds is 4. The summed E-state index contributed by atoms with van der Waals surface area (Å²) in [6.45, 7) is 5.43. The average Bonchev–Trinajstić information content (AvgIpc) is 2.56. The number of benzene rings is 1. The van der Waals surface area contributed by atoms with Crippen molar-refractivity contribution in [3.63, 3.8) is 0 Å². The molecule has 126 valence electrons. The van der Waals surface area contributed by atoms with Gasteiger partial charge in [0.25, 0.3) is 0 Å². The standard InChI is InChI=1S/C19H28N2O2/c1-2-15-4-6-16(7-5-15)14-21-11-3-8-19(17(21)18(20)22)9-12-23-13-10-19/h4-7,17H,2-3,8-14H2,1H3,(H2,20,22). The third-order valence-corrected chi connectivity index (χ3v) is 5.64. The fourth-order valence-corrected chi connectivity index (χ4v) is 4.36. The van der Waals surface area contributed by atoms with Crippen LogP contribution in [-0.2, 0) is 22.5 Å². The predicted molar refractivity (Wildman–Crippen MR) is 90.9 cm³/mol. The summed E-state index contributed by atoms with van der Waals surface area (Å²) in [6.07, 6.45) is 5.18. The van der Waals surface area contributed by atoms with Gasteiger partial charge in [0.15, 0.2) is 0 Å². The molecular weight excluding hydrogens is 288 g/mol. The number of nitrogens with zero attached hydrogens (tertiary/aromatic N) is 1. The minimum atomic E-state index is -0.170. The van der Waals surface area contributed by atoms with Crippen LogP contribution >= 0.6 is 0 Å². The maximum absolute atomic E-state index is 12.3. The molecule has 2 heterocycles. The molecule has 1 amide bonds. The van der Waals surface area contributed by atoms with E-state index in [0.717, 1.165) is 58.4 Å². The van der Waals surface area contributed by atoms with Crippen LogP contribution in [-0.4, -0.2) is 36.6 Å². The number of primary amides is 1. The number of aryl methyl sites for hydroxylation is 1. The van der Waals surface area contributed by atoms with Gasteiger partial charge in [0.2, 0.25) is 5.91 Å². The van der Waals surface area contributed by atoms with Gasteiger partial charge in [-0.1, -0.05) is 31.2 Å². The summed E-state index contributed by atoms with van der Waals surface area (Å²) in [7, 11) is 0. The Balaban J connectivity index is 1.79. The highest BCUT2D eigenvalue weighted by Crippen LogP contribution is 2.44. The van der Waals surface area contributed by atoms with Crippen molar-refractivity contribution in [2.75, 3.05) is 19.8 Å². The van der Waals surface area contributed by atoms with Gasteiger partial charge in [-0.3, -0.25) is 9.69 Å². The smallest absolute Gasteiger partial charge is 0.235 e. The van der Waals surface area contributed by atoms with E-state index in [0.29, 0.717) is 0 Å². The number of likely N-dealkylation sites (tertiary alicyclic amines) is 1. The molecule has 1 spiro atoms. The second kappa shape index (κ2) is 7.02. The lowest BCUT2D eigenvalue weighted by atomic mass is 9.67. The van der Waals surface area contributed by atoms with Crippen LogP contribution in [0.15, 0.2) is 24.3 Å². The lowest BCUT2D eigenvalue weighted by Gasteiger charge is -2.50. The molecule has 2 saturated heterocycles. The molecule has 2 aliphatic heterocycles. The highest BCUT2D eigenvalue weighted by molar-refractivity contribution is 5.81. The molecule has 0 bridgehead atoms. The van der Waals surface area contributed by atoms with Gasteiger partial charge in [-0.15, -0.1) is 0 Å². The van der Waals surface area contributed by atoms with E-state index in [1.807, 2.05) is 0 Å². The molecule has 4 nitrogen and oxygen atoms in total. The van der Waals surface area contributed by atoms with Gasteiger partial charge in [0, 0.05) is 19.8 Å². The van der Waals surface area contributed by atoms with Crippen molar-refractivity contribution in [1.29, 1.82) is 0 Å². The van der Waals surface area contributed by atoms with Gasteiger partial charge in [0.1, 0.15) is 0 Å². The SMILES string of the molecule is CCc1ccc(CN2CCCC3(CCOCC3)C2C(N)=O)cc1. The first kappa shape index (κ1) is 16.5. The monoisotopic (exact) mass is 316 g/mol. The number of hydrogen-bond donors (Lipinski definition) is 1. The molecule has 2 fully saturated rings. The first-order valence-electron chi connectivity index (χ1n) is 8.83. The van der Waals surface area contributed by atoms with Crippen LogP contribution in [0.4, 0.5) is 0 Å². The van der Waals surface area contributed by atoms with Crippen molar-refractivity contribution in [2.24, 2.45) is 11.1 Å². The molecule has 1 aromatic rings. The molecule has 1 unspecified atom stereocenters. The summed E-state index contributed by atoms with van der Waals surface area (Å²) in [5, 5.41) is 0. The Morgan fingerprint density at radius 2 is 1.87 bits per heavy atom. The molecule has 0 radical (unpaired) electrons. The Morgan fingerprint density at radius 1 is 1.22 bits per heavy atom. The Labute approximate surface area is 139 Å². The summed E-state index contributed by atoms with van der Waals surface area (Å²) in [4.78, 5) is 14.6. The van der Waals surface area contributed by atoms with E-state index in [2.05, 4.69) is 36.1 Å². The molecule has 2 aliphatic rings. The molecule has 2 N–H and O–H groups in total. The van der Waals surface area contributed by atoms with Gasteiger partial charge < -0.3 is 10.5 Å². The lowest BCUT2D eigenvalue weighted by molar-refractivity contribution is -0.138.